The molecule has 7 nitrogen and oxygen atoms in total. The van der Waals surface area contributed by atoms with Gasteiger partial charge < -0.3 is 15.7 Å². The van der Waals surface area contributed by atoms with Gasteiger partial charge in [0.1, 0.15) is 30.6 Å². The number of para-hydroxylation sites is 1. The molecule has 0 aliphatic carbocycles. The van der Waals surface area contributed by atoms with Crippen molar-refractivity contribution in [2.24, 2.45) is 0 Å². The predicted molar refractivity (Wildman–Crippen MR) is 72.6 cm³/mol. The van der Waals surface area contributed by atoms with Gasteiger partial charge in [-0.05, 0) is 12.1 Å². The molecule has 100 valence electrons. The molecule has 1 heterocycles. The fourth-order valence-corrected chi connectivity index (χ4v) is 1.52. The van der Waals surface area contributed by atoms with Crippen LogP contribution in [0, 0.1) is 11.3 Å². The topological polar surface area (TPSA) is 111 Å². The highest BCUT2D eigenvalue weighted by Crippen LogP contribution is 2.19. The van der Waals surface area contributed by atoms with Crippen LogP contribution in [0.3, 0.4) is 0 Å². The molecule has 0 aliphatic rings. The monoisotopic (exact) mass is 269 g/mol. The Bertz CT molecular complexity index is 666. The molecule has 0 saturated heterocycles. The van der Waals surface area contributed by atoms with Crippen molar-refractivity contribution < 1.29 is 9.90 Å². The lowest BCUT2D eigenvalue weighted by atomic mass is 10.2. The van der Waals surface area contributed by atoms with Gasteiger partial charge in [-0.2, -0.15) is 5.26 Å². The van der Waals surface area contributed by atoms with E-state index in [-0.39, 0.29) is 6.54 Å². The number of nitriles is 1. The van der Waals surface area contributed by atoms with Crippen LogP contribution in [-0.4, -0.2) is 27.6 Å². The van der Waals surface area contributed by atoms with Crippen molar-refractivity contribution in [3.63, 3.8) is 0 Å². The third kappa shape index (κ3) is 3.43. The van der Waals surface area contributed by atoms with Crippen molar-refractivity contribution in [3.05, 3.63) is 42.2 Å². The summed E-state index contributed by atoms with van der Waals surface area (Å²) in [6.45, 7) is -0.231. The molecular weight excluding hydrogens is 258 g/mol. The molecule has 0 saturated carbocycles. The van der Waals surface area contributed by atoms with Crippen LogP contribution in [0.2, 0.25) is 0 Å². The first-order valence-electron chi connectivity index (χ1n) is 5.73. The van der Waals surface area contributed by atoms with Crippen LogP contribution in [0.5, 0.6) is 0 Å². The number of carboxylic acid groups (broad SMARTS) is 1. The van der Waals surface area contributed by atoms with Crippen molar-refractivity contribution in [2.75, 3.05) is 17.2 Å². The van der Waals surface area contributed by atoms with E-state index in [0.29, 0.717) is 22.9 Å². The Labute approximate surface area is 114 Å². The largest absolute Gasteiger partial charge is 0.480 e. The zero-order valence-corrected chi connectivity index (χ0v) is 10.4. The predicted octanol–water partition coefficient (Wildman–Crippen LogP) is 1.59. The molecule has 0 unspecified atom stereocenters. The second kappa shape index (κ2) is 6.15. The van der Waals surface area contributed by atoms with E-state index in [4.69, 9.17) is 10.4 Å². The van der Waals surface area contributed by atoms with Gasteiger partial charge in [0, 0.05) is 6.07 Å². The Kier molecular flexibility index (Phi) is 4.09. The minimum Gasteiger partial charge on any atom is -0.480 e. The molecular formula is C13H11N5O2. The average molecular weight is 269 g/mol. The molecule has 3 N–H and O–H groups in total. The van der Waals surface area contributed by atoms with E-state index in [2.05, 4.69) is 26.7 Å². The van der Waals surface area contributed by atoms with Gasteiger partial charge in [0.25, 0.3) is 0 Å². The number of anilines is 3. The molecule has 2 rings (SSSR count). The molecule has 0 spiro atoms. The van der Waals surface area contributed by atoms with Crippen molar-refractivity contribution in [1.29, 1.82) is 5.26 Å². The summed E-state index contributed by atoms with van der Waals surface area (Å²) in [7, 11) is 0. The Morgan fingerprint density at radius 3 is 2.80 bits per heavy atom. The number of hydrogen-bond acceptors (Lipinski definition) is 6. The van der Waals surface area contributed by atoms with Crippen molar-refractivity contribution in [1.82, 2.24) is 9.97 Å². The maximum Gasteiger partial charge on any atom is 0.322 e. The summed E-state index contributed by atoms with van der Waals surface area (Å²) < 4.78 is 0. The number of aliphatic carboxylic acids is 1. The molecule has 0 aliphatic heterocycles. The second-order valence-electron chi connectivity index (χ2n) is 3.82. The van der Waals surface area contributed by atoms with Crippen LogP contribution in [0.4, 0.5) is 17.3 Å². The van der Waals surface area contributed by atoms with Gasteiger partial charge in [-0.1, -0.05) is 12.1 Å². The summed E-state index contributed by atoms with van der Waals surface area (Å²) in [4.78, 5) is 18.4. The first-order chi connectivity index (χ1) is 9.69. The van der Waals surface area contributed by atoms with Crippen LogP contribution in [0.1, 0.15) is 5.56 Å². The normalized spacial score (nSPS) is 9.55. The zero-order valence-electron chi connectivity index (χ0n) is 10.4. The summed E-state index contributed by atoms with van der Waals surface area (Å²) >= 11 is 0. The molecule has 1 aromatic heterocycles. The first-order valence-corrected chi connectivity index (χ1v) is 5.73. The molecule has 20 heavy (non-hydrogen) atoms. The van der Waals surface area contributed by atoms with Gasteiger partial charge in [0.2, 0.25) is 0 Å². The molecule has 1 aromatic carbocycles. The fourth-order valence-electron chi connectivity index (χ4n) is 1.52. The van der Waals surface area contributed by atoms with E-state index in [0.717, 1.165) is 0 Å². The Balaban J connectivity index is 2.15. The molecule has 0 bridgehead atoms. The number of aromatic nitrogens is 2. The van der Waals surface area contributed by atoms with Crippen molar-refractivity contribution in [3.8, 4) is 6.07 Å². The summed E-state index contributed by atoms with van der Waals surface area (Å²) in [6.07, 6.45) is 1.31. The van der Waals surface area contributed by atoms with E-state index in [9.17, 15) is 4.79 Å². The minimum absolute atomic E-state index is 0.231. The van der Waals surface area contributed by atoms with Crippen LogP contribution in [0.15, 0.2) is 36.7 Å². The molecule has 7 heteroatoms. The number of rotatable bonds is 5. The quantitative estimate of drug-likeness (QED) is 0.755. The molecule has 0 fully saturated rings. The van der Waals surface area contributed by atoms with Gasteiger partial charge in [-0.3, -0.25) is 4.79 Å². The summed E-state index contributed by atoms with van der Waals surface area (Å²) in [6, 6.07) is 10.6. The average Bonchev–Trinajstić information content (AvgIpc) is 2.46. The first kappa shape index (κ1) is 13.3. The van der Waals surface area contributed by atoms with E-state index in [1.165, 1.54) is 6.33 Å². The maximum absolute atomic E-state index is 10.5. The number of nitrogens with zero attached hydrogens (tertiary/aromatic N) is 3. The highest BCUT2D eigenvalue weighted by molar-refractivity contribution is 5.72. The SMILES string of the molecule is N#Cc1ccccc1Nc1cc(NCC(=O)O)ncn1. The number of hydrogen-bond donors (Lipinski definition) is 3. The molecule has 2 aromatic rings. The lowest BCUT2D eigenvalue weighted by molar-refractivity contribution is -0.134. The van der Waals surface area contributed by atoms with E-state index >= 15 is 0 Å². The van der Waals surface area contributed by atoms with E-state index in [1.807, 2.05) is 0 Å². The lowest BCUT2D eigenvalue weighted by Crippen LogP contribution is -2.13. The van der Waals surface area contributed by atoms with Gasteiger partial charge in [-0.15, -0.1) is 0 Å². The molecule has 0 amide bonds. The van der Waals surface area contributed by atoms with Crippen LogP contribution >= 0.6 is 0 Å². The highest BCUT2D eigenvalue weighted by atomic mass is 16.4. The Morgan fingerprint density at radius 2 is 2.05 bits per heavy atom. The minimum atomic E-state index is -0.979. The Morgan fingerprint density at radius 1 is 1.30 bits per heavy atom. The number of benzene rings is 1. The van der Waals surface area contributed by atoms with Gasteiger partial charge in [-0.25, -0.2) is 9.97 Å². The van der Waals surface area contributed by atoms with E-state index in [1.54, 1.807) is 30.3 Å². The van der Waals surface area contributed by atoms with Crippen LogP contribution < -0.4 is 10.6 Å². The summed E-state index contributed by atoms with van der Waals surface area (Å²) in [5.74, 6) is -0.122. The second-order valence-corrected chi connectivity index (χ2v) is 3.82. The van der Waals surface area contributed by atoms with Crippen LogP contribution in [0.25, 0.3) is 0 Å². The number of carboxylic acids is 1. The summed E-state index contributed by atoms with van der Waals surface area (Å²) in [5, 5.41) is 23.2. The lowest BCUT2D eigenvalue weighted by Gasteiger charge is -2.08. The van der Waals surface area contributed by atoms with E-state index < -0.39 is 5.97 Å². The molecule has 0 atom stereocenters. The van der Waals surface area contributed by atoms with Gasteiger partial charge in [0.15, 0.2) is 0 Å². The maximum atomic E-state index is 10.5. The third-order valence-corrected chi connectivity index (χ3v) is 2.40. The van der Waals surface area contributed by atoms with Crippen molar-refractivity contribution >= 4 is 23.3 Å². The third-order valence-electron chi connectivity index (χ3n) is 2.40. The molecule has 0 radical (unpaired) electrons. The van der Waals surface area contributed by atoms with Crippen molar-refractivity contribution in [2.45, 2.75) is 0 Å². The van der Waals surface area contributed by atoms with Crippen LogP contribution in [-0.2, 0) is 4.79 Å². The number of nitrogens with one attached hydrogen (secondary N) is 2. The number of carbonyl (C=O) groups is 1. The summed E-state index contributed by atoms with van der Waals surface area (Å²) in [5.41, 5.74) is 1.11. The Hall–Kier alpha value is -3.14. The standard InChI is InChI=1S/C13H11N5O2/c14-6-9-3-1-2-4-10(9)18-12-5-11(16-8-17-12)15-7-13(19)20/h1-5,8H,7H2,(H,19,20)(H2,15,16,17,18). The fraction of sp³-hybridized carbons (Fsp3) is 0.0769. The smallest absolute Gasteiger partial charge is 0.322 e. The van der Waals surface area contributed by atoms with Gasteiger partial charge in [0.05, 0.1) is 11.3 Å². The highest BCUT2D eigenvalue weighted by Gasteiger charge is 2.04. The zero-order chi connectivity index (χ0) is 14.4. The van der Waals surface area contributed by atoms with Gasteiger partial charge >= 0.3 is 5.97 Å².